The third-order valence-corrected chi connectivity index (χ3v) is 3.43. The molecule has 0 aromatic heterocycles. The topological polar surface area (TPSA) is 134 Å². The first-order valence-electron chi connectivity index (χ1n) is 6.68. The molecule has 0 spiro atoms. The lowest BCUT2D eigenvalue weighted by atomic mass is 9.92. The Morgan fingerprint density at radius 2 is 2.21 bits per heavy atom. The molecule has 0 saturated carbocycles. The van der Waals surface area contributed by atoms with Crippen molar-refractivity contribution in [1.29, 1.82) is 0 Å². The van der Waals surface area contributed by atoms with Gasteiger partial charge in [0.15, 0.2) is 11.8 Å². The van der Waals surface area contributed by atoms with E-state index in [0.29, 0.717) is 13.0 Å². The highest BCUT2D eigenvalue weighted by molar-refractivity contribution is 5.87. The molecule has 0 aliphatic carbocycles. The Hall–Kier alpha value is -1.47. The smallest absolute Gasteiger partial charge is 0.306 e. The van der Waals surface area contributed by atoms with E-state index in [1.54, 1.807) is 6.34 Å². The second kappa shape index (κ2) is 7.85. The number of unbranched alkanes of at least 4 members (excludes halogenated alkanes) is 1. The first-order valence-corrected chi connectivity index (χ1v) is 6.68. The first-order chi connectivity index (χ1) is 9.06. The molecule has 1 aliphatic heterocycles. The fourth-order valence-corrected chi connectivity index (χ4v) is 2.11. The van der Waals surface area contributed by atoms with Gasteiger partial charge in [-0.3, -0.25) is 14.6 Å². The minimum atomic E-state index is -0.903. The molecular formula is C12H24N4O3+2. The van der Waals surface area contributed by atoms with Crippen molar-refractivity contribution >= 4 is 18.1 Å². The molecule has 108 valence electrons. The normalized spacial score (nSPS) is 20.8. The van der Waals surface area contributed by atoms with E-state index in [0.717, 1.165) is 19.4 Å². The second-order valence-electron chi connectivity index (χ2n) is 4.93. The summed E-state index contributed by atoms with van der Waals surface area (Å²) in [4.78, 5) is 27.2. The number of quaternary nitrogens is 2. The highest BCUT2D eigenvalue weighted by atomic mass is 16.4. The predicted molar refractivity (Wildman–Crippen MR) is 69.3 cm³/mol. The first kappa shape index (κ1) is 15.6. The average molecular weight is 272 g/mol. The number of hydrogen-bond acceptors (Lipinski definition) is 4. The lowest BCUT2D eigenvalue weighted by molar-refractivity contribution is -0.407. The van der Waals surface area contributed by atoms with Crippen LogP contribution in [0.1, 0.15) is 25.7 Å². The summed E-state index contributed by atoms with van der Waals surface area (Å²) in [5, 5.41) is 12.1. The van der Waals surface area contributed by atoms with Crippen LogP contribution in [-0.4, -0.2) is 48.4 Å². The van der Waals surface area contributed by atoms with Crippen molar-refractivity contribution in [3.63, 3.8) is 0 Å². The third kappa shape index (κ3) is 4.96. The molecule has 3 atom stereocenters. The van der Waals surface area contributed by atoms with Gasteiger partial charge in [0, 0.05) is 6.42 Å². The molecule has 1 heterocycles. The number of hydrogen-bond donors (Lipinski definition) is 4. The maximum atomic E-state index is 12.0. The van der Waals surface area contributed by atoms with Crippen molar-refractivity contribution in [3.8, 4) is 0 Å². The Kier molecular flexibility index (Phi) is 6.44. The number of nitrogens with zero attached hydrogens (tertiary/aromatic N) is 1. The number of carboxylic acid groups (broad SMARTS) is 1. The van der Waals surface area contributed by atoms with Crippen LogP contribution in [0.3, 0.4) is 0 Å². The van der Waals surface area contributed by atoms with E-state index in [4.69, 9.17) is 5.11 Å². The van der Waals surface area contributed by atoms with E-state index in [9.17, 15) is 9.59 Å². The minimum absolute atomic E-state index is 0.0544. The van der Waals surface area contributed by atoms with Crippen LogP contribution < -0.4 is 16.8 Å². The van der Waals surface area contributed by atoms with Gasteiger partial charge in [0.05, 0.1) is 25.3 Å². The van der Waals surface area contributed by atoms with E-state index in [1.807, 2.05) is 0 Å². The number of carbonyl (C=O) groups is 2. The van der Waals surface area contributed by atoms with Crippen LogP contribution in [0, 0.1) is 5.92 Å². The molecular weight excluding hydrogens is 248 g/mol. The summed E-state index contributed by atoms with van der Waals surface area (Å²) in [7, 11) is 0. The number of Topliss-reactive ketones (excluding diaryl/α,β-unsaturated/α-hetero) is 1. The minimum Gasteiger partial charge on any atom is -0.481 e. The fourth-order valence-electron chi connectivity index (χ4n) is 2.11. The predicted octanol–water partition coefficient (Wildman–Crippen LogP) is -2.33. The molecule has 7 nitrogen and oxygen atoms in total. The molecule has 1 rings (SSSR count). The highest BCUT2D eigenvalue weighted by Crippen LogP contribution is 2.15. The summed E-state index contributed by atoms with van der Waals surface area (Å²) in [6.45, 7) is 1.32. The largest absolute Gasteiger partial charge is 0.481 e. The summed E-state index contributed by atoms with van der Waals surface area (Å²) >= 11 is 0. The summed E-state index contributed by atoms with van der Waals surface area (Å²) in [5.41, 5.74) is 7.56. The van der Waals surface area contributed by atoms with Crippen LogP contribution in [0.4, 0.5) is 0 Å². The number of rotatable bonds is 9. The standard InChI is InChI=1S/C12H22N4O3/c13-4-2-1-3-8(12(18)19)5-10(17)11(14)9-6-15-7-16-9/h7-9,11H,1-6,13-14H2,(H,15,16)(H,18,19)/p+2. The third-order valence-electron chi connectivity index (χ3n) is 3.43. The Morgan fingerprint density at radius 3 is 2.74 bits per heavy atom. The monoisotopic (exact) mass is 272 g/mol. The van der Waals surface area contributed by atoms with Gasteiger partial charge in [-0.25, -0.2) is 0 Å². The van der Waals surface area contributed by atoms with Gasteiger partial charge >= 0.3 is 5.97 Å². The number of carbonyl (C=O) groups excluding carboxylic acids is 1. The van der Waals surface area contributed by atoms with E-state index >= 15 is 0 Å². The van der Waals surface area contributed by atoms with Gasteiger partial charge in [-0.05, 0) is 19.3 Å². The van der Waals surface area contributed by atoms with Crippen molar-refractivity contribution < 1.29 is 26.2 Å². The number of aliphatic imine (C=N–C) groups is 1. The SMILES string of the molecule is [NH3+]CCCCC(CC(=O)C([NH3+])C1CN=CN1)C(=O)O. The highest BCUT2D eigenvalue weighted by Gasteiger charge is 2.32. The van der Waals surface area contributed by atoms with Crippen molar-refractivity contribution in [2.45, 2.75) is 37.8 Å². The van der Waals surface area contributed by atoms with E-state index in [2.05, 4.69) is 21.8 Å². The number of nitrogens with one attached hydrogen (secondary N) is 1. The molecule has 3 unspecified atom stereocenters. The Morgan fingerprint density at radius 1 is 1.47 bits per heavy atom. The Bertz CT molecular complexity index is 338. The molecule has 0 aromatic rings. The summed E-state index contributed by atoms with van der Waals surface area (Å²) < 4.78 is 0. The number of ketones is 1. The summed E-state index contributed by atoms with van der Waals surface area (Å²) in [6, 6.07) is -0.543. The van der Waals surface area contributed by atoms with Crippen molar-refractivity contribution in [2.75, 3.05) is 13.1 Å². The van der Waals surface area contributed by atoms with Crippen molar-refractivity contribution in [1.82, 2.24) is 5.32 Å². The maximum Gasteiger partial charge on any atom is 0.306 e. The van der Waals surface area contributed by atoms with Crippen LogP contribution in [-0.2, 0) is 9.59 Å². The quantitative estimate of drug-likeness (QED) is 0.350. The van der Waals surface area contributed by atoms with Crippen LogP contribution in [0.15, 0.2) is 4.99 Å². The van der Waals surface area contributed by atoms with E-state index < -0.39 is 17.9 Å². The van der Waals surface area contributed by atoms with Gasteiger partial charge in [0.25, 0.3) is 0 Å². The number of carboxylic acids is 1. The summed E-state index contributed by atoms with van der Waals surface area (Å²) in [6.07, 6.45) is 3.83. The molecule has 1 aliphatic rings. The Labute approximate surface area is 112 Å². The second-order valence-corrected chi connectivity index (χ2v) is 4.93. The van der Waals surface area contributed by atoms with Gasteiger partial charge in [-0.1, -0.05) is 0 Å². The van der Waals surface area contributed by atoms with Crippen LogP contribution in [0.5, 0.6) is 0 Å². The van der Waals surface area contributed by atoms with Gasteiger partial charge < -0.3 is 21.9 Å². The van der Waals surface area contributed by atoms with Gasteiger partial charge in [0.2, 0.25) is 0 Å². The molecule has 8 N–H and O–H groups in total. The molecule has 19 heavy (non-hydrogen) atoms. The lowest BCUT2D eigenvalue weighted by Crippen LogP contribution is -2.72. The van der Waals surface area contributed by atoms with Gasteiger partial charge in [-0.2, -0.15) is 0 Å². The number of aliphatic carboxylic acids is 1. The maximum absolute atomic E-state index is 12.0. The van der Waals surface area contributed by atoms with Gasteiger partial charge in [0.1, 0.15) is 6.04 Å². The van der Waals surface area contributed by atoms with Gasteiger partial charge in [-0.15, -0.1) is 0 Å². The Balaban J connectivity index is 2.43. The lowest BCUT2D eigenvalue weighted by Gasteiger charge is -2.17. The molecule has 0 fully saturated rings. The summed E-state index contributed by atoms with van der Waals surface area (Å²) in [5.74, 6) is -1.61. The zero-order valence-electron chi connectivity index (χ0n) is 11.2. The fraction of sp³-hybridized carbons (Fsp3) is 0.750. The van der Waals surface area contributed by atoms with Crippen LogP contribution in [0.2, 0.25) is 0 Å². The zero-order valence-corrected chi connectivity index (χ0v) is 11.2. The average Bonchev–Trinajstić information content (AvgIpc) is 2.90. The molecule has 0 radical (unpaired) electrons. The molecule has 0 amide bonds. The van der Waals surface area contributed by atoms with Crippen LogP contribution in [0.25, 0.3) is 0 Å². The van der Waals surface area contributed by atoms with E-state index in [1.165, 1.54) is 0 Å². The molecule has 0 saturated heterocycles. The van der Waals surface area contributed by atoms with Crippen LogP contribution >= 0.6 is 0 Å². The molecule has 0 aromatic carbocycles. The molecule has 7 heteroatoms. The zero-order chi connectivity index (χ0) is 14.3. The van der Waals surface area contributed by atoms with Crippen molar-refractivity contribution in [2.24, 2.45) is 10.9 Å². The van der Waals surface area contributed by atoms with Crippen molar-refractivity contribution in [3.05, 3.63) is 0 Å². The van der Waals surface area contributed by atoms with E-state index in [-0.39, 0.29) is 18.2 Å². The molecule has 0 bridgehead atoms.